The van der Waals surface area contributed by atoms with E-state index in [9.17, 15) is 0 Å². The van der Waals surface area contributed by atoms with Crippen molar-refractivity contribution in [1.29, 1.82) is 0 Å². The minimum Gasteiger partial charge on any atom is -0.384 e. The molecular formula is C18H25ClN4. The summed E-state index contributed by atoms with van der Waals surface area (Å²) in [5.41, 5.74) is 6.72. The molecule has 1 aromatic heterocycles. The fraction of sp³-hybridized carbons (Fsp3) is 0.500. The summed E-state index contributed by atoms with van der Waals surface area (Å²) >= 11 is 0. The van der Waals surface area contributed by atoms with E-state index in [2.05, 4.69) is 51.6 Å². The Balaban J connectivity index is 0.00000156. The van der Waals surface area contributed by atoms with Crippen molar-refractivity contribution in [3.05, 3.63) is 46.8 Å². The van der Waals surface area contributed by atoms with E-state index in [4.69, 9.17) is 0 Å². The second-order valence-corrected chi connectivity index (χ2v) is 6.68. The molecule has 2 aromatic rings. The zero-order chi connectivity index (χ0) is 14.9. The Labute approximate surface area is 144 Å². The Bertz CT molecular complexity index is 667. The summed E-state index contributed by atoms with van der Waals surface area (Å²) in [6, 6.07) is 8.94. The minimum absolute atomic E-state index is 0. The molecule has 2 aliphatic heterocycles. The molecule has 1 saturated heterocycles. The molecule has 0 spiro atoms. The van der Waals surface area contributed by atoms with Gasteiger partial charge < -0.3 is 5.32 Å². The first-order valence-electron chi connectivity index (χ1n) is 8.38. The molecule has 2 N–H and O–H groups in total. The van der Waals surface area contributed by atoms with Gasteiger partial charge in [0.15, 0.2) is 0 Å². The van der Waals surface area contributed by atoms with E-state index in [-0.39, 0.29) is 12.4 Å². The Hall–Kier alpha value is -1.52. The van der Waals surface area contributed by atoms with E-state index in [1.165, 1.54) is 48.3 Å². The molecule has 3 heterocycles. The normalized spacial score (nSPS) is 20.7. The molecule has 0 radical (unpaired) electrons. The third-order valence-electron chi connectivity index (χ3n) is 4.98. The van der Waals surface area contributed by atoms with Gasteiger partial charge >= 0.3 is 0 Å². The molecule has 124 valence electrons. The zero-order valence-corrected chi connectivity index (χ0v) is 14.5. The number of nitrogens with zero attached hydrogens (tertiary/aromatic N) is 2. The lowest BCUT2D eigenvalue weighted by molar-refractivity contribution is 0.199. The summed E-state index contributed by atoms with van der Waals surface area (Å²) in [4.78, 5) is 2.59. The molecule has 5 heteroatoms. The van der Waals surface area contributed by atoms with E-state index in [0.717, 1.165) is 25.3 Å². The molecule has 1 atom stereocenters. The average molecular weight is 333 g/mol. The van der Waals surface area contributed by atoms with Gasteiger partial charge in [0.2, 0.25) is 0 Å². The number of aromatic nitrogens is 2. The third kappa shape index (κ3) is 3.38. The van der Waals surface area contributed by atoms with Crippen molar-refractivity contribution in [2.45, 2.75) is 38.6 Å². The van der Waals surface area contributed by atoms with Crippen LogP contribution in [0.2, 0.25) is 0 Å². The van der Waals surface area contributed by atoms with Gasteiger partial charge in [-0.2, -0.15) is 5.10 Å². The fourth-order valence-electron chi connectivity index (χ4n) is 3.87. The molecule has 0 amide bonds. The number of rotatable bonds is 3. The van der Waals surface area contributed by atoms with Gasteiger partial charge in [-0.3, -0.25) is 10.00 Å². The van der Waals surface area contributed by atoms with E-state index >= 15 is 0 Å². The maximum Gasteiger partial charge on any atom is 0.0668 e. The quantitative estimate of drug-likeness (QED) is 0.904. The van der Waals surface area contributed by atoms with Crippen LogP contribution in [0.25, 0.3) is 0 Å². The minimum atomic E-state index is 0. The molecule has 4 nitrogen and oxygen atoms in total. The number of fused-ring (bicyclic) bond motifs is 1. The third-order valence-corrected chi connectivity index (χ3v) is 4.98. The standard InChI is InChI=1S/C18H24N4.ClH/c1-13-10-17(21-20-13)15-6-3-9-22(11-15)12-16-5-2-4-14-7-8-19-18(14)16;/h2,4-5,10,15,19H,3,6-9,11-12H2,1H3,(H,20,21);1H. The molecule has 23 heavy (non-hydrogen) atoms. The predicted molar refractivity (Wildman–Crippen MR) is 96.5 cm³/mol. The average Bonchev–Trinajstić information content (AvgIpc) is 3.17. The summed E-state index contributed by atoms with van der Waals surface area (Å²) in [6.45, 7) is 6.53. The van der Waals surface area contributed by atoms with Crippen molar-refractivity contribution < 1.29 is 0 Å². The van der Waals surface area contributed by atoms with Crippen LogP contribution in [-0.4, -0.2) is 34.7 Å². The molecule has 2 aliphatic rings. The van der Waals surface area contributed by atoms with Crippen molar-refractivity contribution in [3.63, 3.8) is 0 Å². The van der Waals surface area contributed by atoms with E-state index in [0.29, 0.717) is 5.92 Å². The number of H-pyrrole nitrogens is 1. The topological polar surface area (TPSA) is 44.0 Å². The molecule has 1 fully saturated rings. The summed E-state index contributed by atoms with van der Waals surface area (Å²) in [5, 5.41) is 11.1. The lowest BCUT2D eigenvalue weighted by Gasteiger charge is -2.32. The molecule has 1 aromatic carbocycles. The van der Waals surface area contributed by atoms with E-state index < -0.39 is 0 Å². The first-order chi connectivity index (χ1) is 10.8. The SMILES string of the molecule is Cc1cc(C2CCCN(Cc3cccc4c3NCC4)C2)n[nH]1.Cl. The number of anilines is 1. The van der Waals surface area contributed by atoms with Crippen molar-refractivity contribution in [2.75, 3.05) is 25.0 Å². The van der Waals surface area contributed by atoms with Crippen LogP contribution in [0.15, 0.2) is 24.3 Å². The van der Waals surface area contributed by atoms with Gasteiger partial charge in [0.1, 0.15) is 0 Å². The van der Waals surface area contributed by atoms with Gasteiger partial charge in [0, 0.05) is 36.9 Å². The van der Waals surface area contributed by atoms with Gasteiger partial charge in [0.05, 0.1) is 5.69 Å². The number of likely N-dealkylation sites (tertiary alicyclic amines) is 1. The maximum atomic E-state index is 4.47. The van der Waals surface area contributed by atoms with Crippen LogP contribution in [-0.2, 0) is 13.0 Å². The van der Waals surface area contributed by atoms with Crippen molar-refractivity contribution in [3.8, 4) is 0 Å². The van der Waals surface area contributed by atoms with Crippen LogP contribution in [0.5, 0.6) is 0 Å². The van der Waals surface area contributed by atoms with Gasteiger partial charge in [-0.05, 0) is 49.9 Å². The van der Waals surface area contributed by atoms with Gasteiger partial charge in [0.25, 0.3) is 0 Å². The number of aryl methyl sites for hydroxylation is 1. The Kier molecular flexibility index (Phi) is 4.93. The Morgan fingerprint density at radius 1 is 1.35 bits per heavy atom. The lowest BCUT2D eigenvalue weighted by Crippen LogP contribution is -2.34. The number of hydrogen-bond donors (Lipinski definition) is 2. The fourth-order valence-corrected chi connectivity index (χ4v) is 3.87. The smallest absolute Gasteiger partial charge is 0.0668 e. The highest BCUT2D eigenvalue weighted by atomic mass is 35.5. The summed E-state index contributed by atoms with van der Waals surface area (Å²) in [5.74, 6) is 0.573. The Morgan fingerprint density at radius 3 is 3.09 bits per heavy atom. The van der Waals surface area contributed by atoms with Crippen LogP contribution < -0.4 is 5.32 Å². The molecule has 0 bridgehead atoms. The lowest BCUT2D eigenvalue weighted by atomic mass is 9.94. The number of aromatic amines is 1. The molecule has 4 rings (SSSR count). The van der Waals surface area contributed by atoms with Gasteiger partial charge in [-0.25, -0.2) is 0 Å². The van der Waals surface area contributed by atoms with Gasteiger partial charge in [-0.15, -0.1) is 12.4 Å². The van der Waals surface area contributed by atoms with Crippen LogP contribution in [0.4, 0.5) is 5.69 Å². The summed E-state index contributed by atoms with van der Waals surface area (Å²) in [7, 11) is 0. The Morgan fingerprint density at radius 2 is 2.26 bits per heavy atom. The first-order valence-corrected chi connectivity index (χ1v) is 8.38. The molecule has 0 aliphatic carbocycles. The highest BCUT2D eigenvalue weighted by Crippen LogP contribution is 2.30. The second-order valence-electron chi connectivity index (χ2n) is 6.68. The second kappa shape index (κ2) is 6.93. The number of piperidine rings is 1. The predicted octanol–water partition coefficient (Wildman–Crippen LogP) is 3.49. The number of halogens is 1. The number of benzene rings is 1. The zero-order valence-electron chi connectivity index (χ0n) is 13.6. The summed E-state index contributed by atoms with van der Waals surface area (Å²) < 4.78 is 0. The molecular weight excluding hydrogens is 308 g/mol. The van der Waals surface area contributed by atoms with E-state index in [1.807, 2.05) is 0 Å². The first kappa shape index (κ1) is 16.3. The van der Waals surface area contributed by atoms with Crippen molar-refractivity contribution >= 4 is 18.1 Å². The molecule has 0 saturated carbocycles. The van der Waals surface area contributed by atoms with Crippen molar-refractivity contribution in [2.24, 2.45) is 0 Å². The van der Waals surface area contributed by atoms with E-state index in [1.54, 1.807) is 0 Å². The van der Waals surface area contributed by atoms with Crippen LogP contribution in [0.1, 0.15) is 41.3 Å². The van der Waals surface area contributed by atoms with Crippen LogP contribution >= 0.6 is 12.4 Å². The number of hydrogen-bond acceptors (Lipinski definition) is 3. The monoisotopic (exact) mass is 332 g/mol. The van der Waals surface area contributed by atoms with Crippen LogP contribution in [0.3, 0.4) is 0 Å². The number of nitrogens with one attached hydrogen (secondary N) is 2. The summed E-state index contributed by atoms with van der Waals surface area (Å²) in [6.07, 6.45) is 3.68. The van der Waals surface area contributed by atoms with Gasteiger partial charge in [-0.1, -0.05) is 18.2 Å². The van der Waals surface area contributed by atoms with Crippen molar-refractivity contribution in [1.82, 2.24) is 15.1 Å². The molecule has 1 unspecified atom stereocenters. The highest BCUT2D eigenvalue weighted by molar-refractivity contribution is 5.85. The number of para-hydroxylation sites is 1. The maximum absolute atomic E-state index is 4.47. The van der Waals surface area contributed by atoms with Crippen LogP contribution in [0, 0.1) is 6.92 Å². The largest absolute Gasteiger partial charge is 0.384 e. The highest BCUT2D eigenvalue weighted by Gasteiger charge is 2.24.